The Labute approximate surface area is 116 Å². The molecule has 1 aromatic carbocycles. The smallest absolute Gasteiger partial charge is 0.230 e. The number of aromatic nitrogens is 2. The van der Waals surface area contributed by atoms with Gasteiger partial charge in [0.25, 0.3) is 0 Å². The van der Waals surface area contributed by atoms with Gasteiger partial charge in [-0.05, 0) is 12.0 Å². The highest BCUT2D eigenvalue weighted by Crippen LogP contribution is 2.26. The zero-order chi connectivity index (χ0) is 13.9. The quantitative estimate of drug-likeness (QED) is 0.875. The molecule has 3 rings (SSSR count). The second kappa shape index (κ2) is 5.42. The van der Waals surface area contributed by atoms with Gasteiger partial charge in [-0.15, -0.1) is 0 Å². The number of amides is 1. The minimum absolute atomic E-state index is 0.0216. The summed E-state index contributed by atoms with van der Waals surface area (Å²) in [6, 6.07) is 7.73. The number of rotatable bonds is 3. The number of nitrogens with one attached hydrogen (secondary N) is 1. The highest BCUT2D eigenvalue weighted by molar-refractivity contribution is 5.77. The summed E-state index contributed by atoms with van der Waals surface area (Å²) in [5.74, 6) is 1.15. The molecular weight excluding hydrogens is 256 g/mol. The Morgan fingerprint density at radius 1 is 1.35 bits per heavy atom. The molecule has 1 amide bonds. The number of hydrogen-bond acceptors (Lipinski definition) is 5. The van der Waals surface area contributed by atoms with Gasteiger partial charge in [-0.1, -0.05) is 29.4 Å². The number of benzene rings is 1. The first-order valence-electron chi connectivity index (χ1n) is 6.66. The van der Waals surface area contributed by atoms with Gasteiger partial charge in [-0.2, -0.15) is 4.98 Å². The van der Waals surface area contributed by atoms with E-state index in [4.69, 9.17) is 10.3 Å². The number of hydrogen-bond donors (Lipinski definition) is 2. The van der Waals surface area contributed by atoms with Crippen molar-refractivity contribution in [1.29, 1.82) is 0 Å². The third-order valence-corrected chi connectivity index (χ3v) is 3.49. The summed E-state index contributed by atoms with van der Waals surface area (Å²) in [7, 11) is 0. The Bertz CT molecular complexity index is 606. The van der Waals surface area contributed by atoms with Gasteiger partial charge in [-0.25, -0.2) is 0 Å². The van der Waals surface area contributed by atoms with Crippen molar-refractivity contribution >= 4 is 5.91 Å². The van der Waals surface area contributed by atoms with Crippen LogP contribution in [0.5, 0.6) is 0 Å². The second-order valence-electron chi connectivity index (χ2n) is 4.90. The molecular formula is C14H16N4O2. The number of piperidine rings is 1. The lowest BCUT2D eigenvalue weighted by Gasteiger charge is -2.18. The Morgan fingerprint density at radius 3 is 2.85 bits per heavy atom. The van der Waals surface area contributed by atoms with Gasteiger partial charge in [0.15, 0.2) is 0 Å². The van der Waals surface area contributed by atoms with Crippen LogP contribution in [0.4, 0.5) is 0 Å². The summed E-state index contributed by atoms with van der Waals surface area (Å²) in [4.78, 5) is 15.8. The van der Waals surface area contributed by atoms with Crippen LogP contribution in [0.25, 0.3) is 11.4 Å². The summed E-state index contributed by atoms with van der Waals surface area (Å²) in [5.41, 5.74) is 7.51. The van der Waals surface area contributed by atoms with E-state index in [0.717, 1.165) is 17.5 Å². The first-order chi connectivity index (χ1) is 9.76. The third-order valence-electron chi connectivity index (χ3n) is 3.49. The zero-order valence-corrected chi connectivity index (χ0v) is 11.0. The van der Waals surface area contributed by atoms with Gasteiger partial charge in [-0.3, -0.25) is 4.79 Å². The maximum absolute atomic E-state index is 11.4. The van der Waals surface area contributed by atoms with Gasteiger partial charge in [0, 0.05) is 31.0 Å². The molecule has 2 heterocycles. The monoisotopic (exact) mass is 272 g/mol. The molecule has 1 aliphatic heterocycles. The van der Waals surface area contributed by atoms with E-state index >= 15 is 0 Å². The average molecular weight is 272 g/mol. The summed E-state index contributed by atoms with van der Waals surface area (Å²) in [6.45, 7) is 1.17. The Morgan fingerprint density at radius 2 is 2.15 bits per heavy atom. The van der Waals surface area contributed by atoms with Crippen molar-refractivity contribution in [1.82, 2.24) is 15.5 Å². The van der Waals surface area contributed by atoms with Crippen LogP contribution in [0, 0.1) is 0 Å². The highest BCUT2D eigenvalue weighted by Gasteiger charge is 2.25. The second-order valence-corrected chi connectivity index (χ2v) is 4.90. The molecule has 1 aliphatic rings. The first-order valence-corrected chi connectivity index (χ1v) is 6.66. The SMILES string of the molecule is NCc1ccc(-c2noc(C3CCNC(=O)C3)n2)cc1. The van der Waals surface area contributed by atoms with Gasteiger partial charge >= 0.3 is 0 Å². The molecule has 1 aromatic heterocycles. The van der Waals surface area contributed by atoms with E-state index < -0.39 is 0 Å². The van der Waals surface area contributed by atoms with Crippen molar-refractivity contribution < 1.29 is 9.32 Å². The van der Waals surface area contributed by atoms with E-state index in [9.17, 15) is 4.79 Å². The lowest BCUT2D eigenvalue weighted by Crippen LogP contribution is -2.32. The van der Waals surface area contributed by atoms with Crippen molar-refractivity contribution in [3.63, 3.8) is 0 Å². The van der Waals surface area contributed by atoms with Crippen LogP contribution < -0.4 is 11.1 Å². The van der Waals surface area contributed by atoms with E-state index in [0.29, 0.717) is 31.2 Å². The minimum atomic E-state index is 0.0216. The van der Waals surface area contributed by atoms with Gasteiger partial charge in [0.05, 0.1) is 0 Å². The Hall–Kier alpha value is -2.21. The van der Waals surface area contributed by atoms with Crippen LogP contribution in [-0.2, 0) is 11.3 Å². The molecule has 0 aliphatic carbocycles. The van der Waals surface area contributed by atoms with Gasteiger partial charge < -0.3 is 15.6 Å². The van der Waals surface area contributed by atoms with Crippen LogP contribution in [0.3, 0.4) is 0 Å². The van der Waals surface area contributed by atoms with Crippen LogP contribution in [0.2, 0.25) is 0 Å². The summed E-state index contributed by atoms with van der Waals surface area (Å²) < 4.78 is 5.30. The van der Waals surface area contributed by atoms with E-state index in [-0.39, 0.29) is 11.8 Å². The van der Waals surface area contributed by atoms with E-state index in [1.807, 2.05) is 24.3 Å². The molecule has 1 saturated heterocycles. The predicted molar refractivity (Wildman–Crippen MR) is 72.6 cm³/mol. The molecule has 1 unspecified atom stereocenters. The van der Waals surface area contributed by atoms with Crippen molar-refractivity contribution in [2.24, 2.45) is 5.73 Å². The Kier molecular flexibility index (Phi) is 3.47. The first kappa shape index (κ1) is 12.8. The van der Waals surface area contributed by atoms with Crippen LogP contribution in [-0.4, -0.2) is 22.6 Å². The number of nitrogens with zero attached hydrogens (tertiary/aromatic N) is 2. The lowest BCUT2D eigenvalue weighted by atomic mass is 9.98. The predicted octanol–water partition coefficient (Wildman–Crippen LogP) is 1.19. The van der Waals surface area contributed by atoms with Gasteiger partial charge in [0.1, 0.15) is 0 Å². The molecule has 2 aromatic rings. The average Bonchev–Trinajstić information content (AvgIpc) is 2.97. The van der Waals surface area contributed by atoms with Crippen LogP contribution in [0.15, 0.2) is 28.8 Å². The molecule has 1 atom stereocenters. The largest absolute Gasteiger partial charge is 0.356 e. The molecule has 3 N–H and O–H groups in total. The maximum atomic E-state index is 11.4. The molecule has 20 heavy (non-hydrogen) atoms. The third kappa shape index (κ3) is 2.55. The molecule has 0 spiro atoms. The number of carbonyl (C=O) groups excluding carboxylic acids is 1. The van der Waals surface area contributed by atoms with Crippen molar-refractivity contribution in [3.05, 3.63) is 35.7 Å². The van der Waals surface area contributed by atoms with Crippen molar-refractivity contribution in [2.45, 2.75) is 25.3 Å². The molecule has 6 nitrogen and oxygen atoms in total. The fourth-order valence-corrected chi connectivity index (χ4v) is 2.30. The fourth-order valence-electron chi connectivity index (χ4n) is 2.30. The van der Waals surface area contributed by atoms with Crippen LogP contribution >= 0.6 is 0 Å². The number of nitrogens with two attached hydrogens (primary N) is 1. The summed E-state index contributed by atoms with van der Waals surface area (Å²) in [6.07, 6.45) is 1.24. The van der Waals surface area contributed by atoms with Crippen molar-refractivity contribution in [3.8, 4) is 11.4 Å². The van der Waals surface area contributed by atoms with Gasteiger partial charge in [0.2, 0.25) is 17.6 Å². The van der Waals surface area contributed by atoms with E-state index in [1.54, 1.807) is 0 Å². The van der Waals surface area contributed by atoms with E-state index in [1.165, 1.54) is 0 Å². The zero-order valence-electron chi connectivity index (χ0n) is 11.0. The fraction of sp³-hybridized carbons (Fsp3) is 0.357. The molecule has 1 fully saturated rings. The summed E-state index contributed by atoms with van der Waals surface area (Å²) in [5, 5.41) is 6.79. The standard InChI is InChI=1S/C14H16N4O2/c15-8-9-1-3-10(4-2-9)13-17-14(20-18-13)11-5-6-16-12(19)7-11/h1-4,11H,5-8,15H2,(H,16,19). The lowest BCUT2D eigenvalue weighted by molar-refractivity contribution is -0.122. The molecule has 104 valence electrons. The number of carbonyl (C=O) groups is 1. The van der Waals surface area contributed by atoms with E-state index in [2.05, 4.69) is 15.5 Å². The minimum Gasteiger partial charge on any atom is -0.356 e. The molecule has 0 bridgehead atoms. The topological polar surface area (TPSA) is 94.0 Å². The normalized spacial score (nSPS) is 18.9. The van der Waals surface area contributed by atoms with Crippen molar-refractivity contribution in [2.75, 3.05) is 6.54 Å². The van der Waals surface area contributed by atoms with Crippen LogP contribution in [0.1, 0.15) is 30.2 Å². The molecule has 6 heteroatoms. The molecule has 0 radical (unpaired) electrons. The molecule has 0 saturated carbocycles. The summed E-state index contributed by atoms with van der Waals surface area (Å²) >= 11 is 0. The Balaban J connectivity index is 1.80. The highest BCUT2D eigenvalue weighted by atomic mass is 16.5. The maximum Gasteiger partial charge on any atom is 0.230 e.